The van der Waals surface area contributed by atoms with E-state index in [1.165, 1.54) is 16.2 Å². The molecule has 0 saturated heterocycles. The molecule has 0 unspecified atom stereocenters. The Morgan fingerprint density at radius 3 is 2.62 bits per heavy atom. The van der Waals surface area contributed by atoms with Gasteiger partial charge in [-0.05, 0) is 25.5 Å². The van der Waals surface area contributed by atoms with Crippen molar-refractivity contribution in [2.24, 2.45) is 5.73 Å². The largest absolute Gasteiger partial charge is 0.369 e. The predicted molar refractivity (Wildman–Crippen MR) is 103 cm³/mol. The number of carbonyl (C=O) groups is 3. The number of anilines is 2. The van der Waals surface area contributed by atoms with Gasteiger partial charge in [-0.25, -0.2) is 4.98 Å². The number of thiazole rings is 1. The number of aromatic nitrogens is 1. The minimum Gasteiger partial charge on any atom is -0.369 e. The maximum Gasteiger partial charge on any atom is 0.242 e. The van der Waals surface area contributed by atoms with Crippen LogP contribution in [0.4, 0.5) is 10.8 Å². The van der Waals surface area contributed by atoms with E-state index in [2.05, 4.69) is 11.9 Å². The summed E-state index contributed by atoms with van der Waals surface area (Å²) in [6, 6.07) is 5.33. The highest BCUT2D eigenvalue weighted by Crippen LogP contribution is 2.32. The van der Waals surface area contributed by atoms with Crippen LogP contribution in [0, 0.1) is 6.92 Å². The summed E-state index contributed by atoms with van der Waals surface area (Å²) >= 11 is 1.26. The van der Waals surface area contributed by atoms with Crippen LogP contribution >= 0.6 is 11.3 Å². The van der Waals surface area contributed by atoms with E-state index in [9.17, 15) is 14.4 Å². The molecule has 6 nitrogen and oxygen atoms in total. The number of nitrogens with zero attached hydrogens (tertiary/aromatic N) is 2. The summed E-state index contributed by atoms with van der Waals surface area (Å²) in [6.45, 7) is 3.97. The zero-order chi connectivity index (χ0) is 19.1. The van der Waals surface area contributed by atoms with Gasteiger partial charge in [0.25, 0.3) is 0 Å². The Balaban J connectivity index is 2.45. The summed E-state index contributed by atoms with van der Waals surface area (Å²) in [4.78, 5) is 42.2. The van der Waals surface area contributed by atoms with Crippen LogP contribution in [0.5, 0.6) is 0 Å². The Labute approximate surface area is 157 Å². The van der Waals surface area contributed by atoms with Crippen molar-refractivity contribution in [1.82, 2.24) is 4.98 Å². The number of hydrogen-bond donors (Lipinski definition) is 1. The standard InChI is InChI=1S/C19H23N3O3S/c1-3-4-5-6-16(23)14-11-13(2)7-8-15(14)22(18(25)12-17(20)24)19-21-9-10-26-19/h7-11H,3-6,12H2,1-2H3,(H2,20,24). The number of rotatable bonds is 9. The average Bonchev–Trinajstić information content (AvgIpc) is 3.10. The molecule has 2 N–H and O–H groups in total. The first-order chi connectivity index (χ1) is 12.4. The van der Waals surface area contributed by atoms with Crippen molar-refractivity contribution in [1.29, 1.82) is 0 Å². The van der Waals surface area contributed by atoms with Crippen molar-refractivity contribution in [3.8, 4) is 0 Å². The molecule has 1 aromatic carbocycles. The number of ketones is 1. The highest BCUT2D eigenvalue weighted by atomic mass is 32.1. The summed E-state index contributed by atoms with van der Waals surface area (Å²) in [7, 11) is 0. The van der Waals surface area contributed by atoms with Crippen molar-refractivity contribution < 1.29 is 14.4 Å². The Morgan fingerprint density at radius 2 is 2.00 bits per heavy atom. The van der Waals surface area contributed by atoms with Crippen LogP contribution in [0.2, 0.25) is 0 Å². The number of Topliss-reactive ketones (excluding diaryl/α,β-unsaturated/α-hetero) is 1. The molecule has 1 aromatic heterocycles. The molecule has 0 radical (unpaired) electrons. The smallest absolute Gasteiger partial charge is 0.242 e. The van der Waals surface area contributed by atoms with Crippen molar-refractivity contribution in [2.75, 3.05) is 4.90 Å². The molecule has 0 fully saturated rings. The van der Waals surface area contributed by atoms with Crippen LogP contribution < -0.4 is 10.6 Å². The molecule has 2 aromatic rings. The number of unbranched alkanes of at least 4 members (excludes halogenated alkanes) is 2. The SMILES string of the molecule is CCCCCC(=O)c1cc(C)ccc1N(C(=O)CC(N)=O)c1nccs1. The zero-order valence-corrected chi connectivity index (χ0v) is 15.8. The second-order valence-electron chi connectivity index (χ2n) is 6.09. The Hall–Kier alpha value is -2.54. The molecule has 0 atom stereocenters. The molecule has 26 heavy (non-hydrogen) atoms. The van der Waals surface area contributed by atoms with Gasteiger partial charge in [0.2, 0.25) is 11.8 Å². The number of primary amides is 1. The number of hydrogen-bond acceptors (Lipinski definition) is 5. The third-order valence-corrected chi connectivity index (χ3v) is 4.64. The summed E-state index contributed by atoms with van der Waals surface area (Å²) in [6.07, 6.45) is 4.34. The van der Waals surface area contributed by atoms with Crippen molar-refractivity contribution in [3.05, 3.63) is 40.9 Å². The van der Waals surface area contributed by atoms with Gasteiger partial charge in [-0.15, -0.1) is 11.3 Å². The monoisotopic (exact) mass is 373 g/mol. The molecule has 0 aliphatic carbocycles. The lowest BCUT2D eigenvalue weighted by Crippen LogP contribution is -2.31. The lowest BCUT2D eigenvalue weighted by Gasteiger charge is -2.22. The summed E-state index contributed by atoms with van der Waals surface area (Å²) in [5.41, 5.74) is 7.03. The van der Waals surface area contributed by atoms with Gasteiger partial charge in [0.15, 0.2) is 10.9 Å². The van der Waals surface area contributed by atoms with E-state index >= 15 is 0 Å². The predicted octanol–water partition coefficient (Wildman–Crippen LogP) is 3.75. The quantitative estimate of drug-likeness (QED) is 0.411. The molecule has 138 valence electrons. The van der Waals surface area contributed by atoms with Gasteiger partial charge in [-0.3, -0.25) is 19.3 Å². The van der Waals surface area contributed by atoms with Crippen molar-refractivity contribution in [2.45, 2.75) is 46.0 Å². The second kappa shape index (κ2) is 9.24. The lowest BCUT2D eigenvalue weighted by molar-refractivity contribution is -0.125. The first-order valence-corrected chi connectivity index (χ1v) is 9.46. The van der Waals surface area contributed by atoms with Crippen molar-refractivity contribution in [3.63, 3.8) is 0 Å². The van der Waals surface area contributed by atoms with Gasteiger partial charge in [0.05, 0.1) is 5.69 Å². The van der Waals surface area contributed by atoms with Gasteiger partial charge in [0.1, 0.15) is 6.42 Å². The molecule has 0 bridgehead atoms. The minimum absolute atomic E-state index is 0.0226. The van der Waals surface area contributed by atoms with Gasteiger partial charge >= 0.3 is 0 Å². The first-order valence-electron chi connectivity index (χ1n) is 8.58. The number of amides is 2. The Morgan fingerprint density at radius 1 is 1.23 bits per heavy atom. The molecule has 0 aliphatic heterocycles. The highest BCUT2D eigenvalue weighted by Gasteiger charge is 2.26. The van der Waals surface area contributed by atoms with Crippen molar-refractivity contribution >= 4 is 39.8 Å². The molecular formula is C19H23N3O3S. The van der Waals surface area contributed by atoms with E-state index in [4.69, 9.17) is 5.73 Å². The van der Waals surface area contributed by atoms with Crippen LogP contribution in [-0.4, -0.2) is 22.6 Å². The van der Waals surface area contributed by atoms with E-state index in [1.54, 1.807) is 23.7 Å². The molecule has 7 heteroatoms. The third-order valence-electron chi connectivity index (χ3n) is 3.89. The molecule has 0 spiro atoms. The van der Waals surface area contributed by atoms with Crippen LogP contribution in [0.1, 0.15) is 54.9 Å². The number of carbonyl (C=O) groups excluding carboxylic acids is 3. The van der Waals surface area contributed by atoms with Gasteiger partial charge in [-0.2, -0.15) is 0 Å². The van der Waals surface area contributed by atoms with Gasteiger partial charge in [-0.1, -0.05) is 31.4 Å². The van der Waals surface area contributed by atoms with E-state index in [1.807, 2.05) is 13.0 Å². The molecule has 0 aliphatic rings. The summed E-state index contributed by atoms with van der Waals surface area (Å²) in [5.74, 6) is -1.25. The molecule has 1 heterocycles. The maximum atomic E-state index is 12.8. The fourth-order valence-electron chi connectivity index (χ4n) is 2.64. The normalized spacial score (nSPS) is 10.5. The summed E-state index contributed by atoms with van der Waals surface area (Å²) < 4.78 is 0. The molecular weight excluding hydrogens is 350 g/mol. The molecule has 2 amide bonds. The second-order valence-corrected chi connectivity index (χ2v) is 6.96. The molecule has 2 rings (SSSR count). The third kappa shape index (κ3) is 4.98. The van der Waals surface area contributed by atoms with E-state index in [0.29, 0.717) is 22.8 Å². The lowest BCUT2D eigenvalue weighted by atomic mass is 10.00. The fourth-order valence-corrected chi connectivity index (χ4v) is 3.31. The first kappa shape index (κ1) is 19.8. The topological polar surface area (TPSA) is 93.4 Å². The fraction of sp³-hybridized carbons (Fsp3) is 0.368. The van der Waals surface area contributed by atoms with Gasteiger partial charge < -0.3 is 5.73 Å². The highest BCUT2D eigenvalue weighted by molar-refractivity contribution is 7.13. The minimum atomic E-state index is -0.723. The number of benzene rings is 1. The number of nitrogens with two attached hydrogens (primary N) is 1. The van der Waals surface area contributed by atoms with Crippen LogP contribution in [0.15, 0.2) is 29.8 Å². The van der Waals surface area contributed by atoms with E-state index in [0.717, 1.165) is 24.8 Å². The Kier molecular flexibility index (Phi) is 7.03. The van der Waals surface area contributed by atoms with Gasteiger partial charge in [0, 0.05) is 23.6 Å². The van der Waals surface area contributed by atoms with Crippen LogP contribution in [0.25, 0.3) is 0 Å². The zero-order valence-electron chi connectivity index (χ0n) is 15.0. The maximum absolute atomic E-state index is 12.8. The molecule has 0 saturated carbocycles. The Bertz CT molecular complexity index is 787. The average molecular weight is 373 g/mol. The van der Waals surface area contributed by atoms with E-state index < -0.39 is 18.2 Å². The summed E-state index contributed by atoms with van der Waals surface area (Å²) in [5, 5.41) is 2.14. The van der Waals surface area contributed by atoms with Crippen LogP contribution in [0.3, 0.4) is 0 Å². The van der Waals surface area contributed by atoms with E-state index in [-0.39, 0.29) is 5.78 Å². The number of aryl methyl sites for hydroxylation is 1. The van der Waals surface area contributed by atoms with Crippen LogP contribution in [-0.2, 0) is 9.59 Å².